The molecule has 34 heavy (non-hydrogen) atoms. The van der Waals surface area contributed by atoms with E-state index in [1.54, 1.807) is 30.5 Å². The summed E-state index contributed by atoms with van der Waals surface area (Å²) >= 11 is 12.5. The fourth-order valence-corrected chi connectivity index (χ4v) is 5.47. The third kappa shape index (κ3) is 5.92. The second-order valence-corrected chi connectivity index (χ2v) is 10.5. The lowest BCUT2D eigenvalue weighted by molar-refractivity contribution is 0.0408. The molecule has 0 unspecified atom stereocenters. The Labute approximate surface area is 207 Å². The van der Waals surface area contributed by atoms with Crippen molar-refractivity contribution < 1.29 is 17.9 Å². The molecule has 0 aliphatic carbocycles. The Morgan fingerprint density at radius 1 is 1.06 bits per heavy atom. The molecule has 0 spiro atoms. The zero-order valence-electron chi connectivity index (χ0n) is 18.1. The number of hydrogen-bond acceptors (Lipinski definition) is 7. The van der Waals surface area contributed by atoms with Crippen LogP contribution >= 0.6 is 23.2 Å². The van der Waals surface area contributed by atoms with Crippen LogP contribution in [0.15, 0.2) is 59.9 Å². The van der Waals surface area contributed by atoms with Crippen LogP contribution < -0.4 is 5.32 Å². The highest BCUT2D eigenvalue weighted by molar-refractivity contribution is 7.91. The third-order valence-electron chi connectivity index (χ3n) is 5.31. The van der Waals surface area contributed by atoms with Crippen molar-refractivity contribution in [3.8, 4) is 11.3 Å². The Kier molecular flexibility index (Phi) is 7.80. The van der Waals surface area contributed by atoms with Crippen LogP contribution in [0.25, 0.3) is 11.3 Å². The van der Waals surface area contributed by atoms with E-state index >= 15 is 0 Å². The fraction of sp³-hybridized carbons (Fsp3) is 0.261. The molecule has 0 atom stereocenters. The molecule has 1 aliphatic rings. The summed E-state index contributed by atoms with van der Waals surface area (Å²) in [5.41, 5.74) is 1.96. The van der Waals surface area contributed by atoms with Gasteiger partial charge in [-0.1, -0.05) is 29.3 Å². The molecular formula is C23H22Cl2N4O4S. The lowest BCUT2D eigenvalue weighted by atomic mass is 10.1. The first kappa shape index (κ1) is 24.6. The van der Waals surface area contributed by atoms with Crippen LogP contribution in [0.1, 0.15) is 10.4 Å². The SMILES string of the molecule is O=C(Nc1ccc(Cl)c(-c2ccccn2)c1)c1cnc(S(=O)(=O)CCN2CCOCC2)c(Cl)c1. The topological polar surface area (TPSA) is 101 Å². The zero-order valence-corrected chi connectivity index (χ0v) is 20.4. The van der Waals surface area contributed by atoms with Gasteiger partial charge in [0.2, 0.25) is 0 Å². The van der Waals surface area contributed by atoms with E-state index in [9.17, 15) is 13.2 Å². The predicted octanol–water partition coefficient (Wildman–Crippen LogP) is 3.81. The quantitative estimate of drug-likeness (QED) is 0.505. The number of nitrogens with zero attached hydrogens (tertiary/aromatic N) is 3. The van der Waals surface area contributed by atoms with Gasteiger partial charge in [0.25, 0.3) is 5.91 Å². The number of hydrogen-bond donors (Lipinski definition) is 1. The van der Waals surface area contributed by atoms with Crippen molar-refractivity contribution in [2.24, 2.45) is 0 Å². The maximum absolute atomic E-state index is 12.8. The summed E-state index contributed by atoms with van der Waals surface area (Å²) in [4.78, 5) is 23.1. The smallest absolute Gasteiger partial charge is 0.257 e. The van der Waals surface area contributed by atoms with Crippen molar-refractivity contribution in [2.75, 3.05) is 43.9 Å². The molecule has 1 amide bonds. The fourth-order valence-electron chi connectivity index (χ4n) is 3.47. The zero-order chi connectivity index (χ0) is 24.1. The number of benzene rings is 1. The number of aromatic nitrogens is 2. The number of morpholine rings is 1. The lowest BCUT2D eigenvalue weighted by Crippen LogP contribution is -2.39. The average molecular weight is 521 g/mol. The number of rotatable bonds is 7. The molecule has 1 fully saturated rings. The van der Waals surface area contributed by atoms with Gasteiger partial charge in [-0.3, -0.25) is 14.7 Å². The summed E-state index contributed by atoms with van der Waals surface area (Å²) in [5, 5.41) is 2.92. The average Bonchev–Trinajstić information content (AvgIpc) is 2.85. The van der Waals surface area contributed by atoms with E-state index in [4.69, 9.17) is 27.9 Å². The number of carbonyl (C=O) groups is 1. The van der Waals surface area contributed by atoms with Crippen LogP contribution in [0, 0.1) is 0 Å². The van der Waals surface area contributed by atoms with E-state index < -0.39 is 15.7 Å². The summed E-state index contributed by atoms with van der Waals surface area (Å²) in [6, 6.07) is 11.8. The number of sulfone groups is 1. The molecule has 0 radical (unpaired) electrons. The molecule has 8 nitrogen and oxygen atoms in total. The highest BCUT2D eigenvalue weighted by atomic mass is 35.5. The molecule has 178 valence electrons. The highest BCUT2D eigenvalue weighted by Crippen LogP contribution is 2.29. The van der Waals surface area contributed by atoms with E-state index in [2.05, 4.69) is 15.3 Å². The molecule has 1 aromatic carbocycles. The van der Waals surface area contributed by atoms with Gasteiger partial charge in [-0.25, -0.2) is 13.4 Å². The molecule has 1 saturated heterocycles. The largest absolute Gasteiger partial charge is 0.379 e. The summed E-state index contributed by atoms with van der Waals surface area (Å²) in [6.07, 6.45) is 2.86. The number of pyridine rings is 2. The summed E-state index contributed by atoms with van der Waals surface area (Å²) < 4.78 is 30.8. The van der Waals surface area contributed by atoms with Crippen molar-refractivity contribution in [3.05, 3.63) is 70.5 Å². The first-order valence-electron chi connectivity index (χ1n) is 10.5. The van der Waals surface area contributed by atoms with Gasteiger partial charge in [0.15, 0.2) is 14.9 Å². The minimum absolute atomic E-state index is 0.0973. The number of carbonyl (C=O) groups excluding carboxylic acids is 1. The number of amides is 1. The summed E-state index contributed by atoms with van der Waals surface area (Å²) in [6.45, 7) is 2.89. The molecule has 1 aliphatic heterocycles. The molecule has 11 heteroatoms. The predicted molar refractivity (Wildman–Crippen MR) is 131 cm³/mol. The van der Waals surface area contributed by atoms with Gasteiger partial charge in [-0.05, 0) is 36.4 Å². The first-order chi connectivity index (χ1) is 16.3. The van der Waals surface area contributed by atoms with Crippen molar-refractivity contribution in [3.63, 3.8) is 0 Å². The lowest BCUT2D eigenvalue weighted by Gasteiger charge is -2.26. The number of halogens is 2. The van der Waals surface area contributed by atoms with Crippen molar-refractivity contribution in [1.82, 2.24) is 14.9 Å². The molecule has 2 aromatic heterocycles. The molecule has 3 aromatic rings. The van der Waals surface area contributed by atoms with Gasteiger partial charge >= 0.3 is 0 Å². The van der Waals surface area contributed by atoms with Crippen molar-refractivity contribution >= 4 is 44.6 Å². The van der Waals surface area contributed by atoms with Crippen LogP contribution in [0.4, 0.5) is 5.69 Å². The van der Waals surface area contributed by atoms with Crippen LogP contribution in [0.3, 0.4) is 0 Å². The van der Waals surface area contributed by atoms with Gasteiger partial charge in [0.1, 0.15) is 0 Å². The minimum Gasteiger partial charge on any atom is -0.379 e. The van der Waals surface area contributed by atoms with Crippen molar-refractivity contribution in [1.29, 1.82) is 0 Å². The van der Waals surface area contributed by atoms with Crippen molar-refractivity contribution in [2.45, 2.75) is 5.03 Å². The Morgan fingerprint density at radius 3 is 2.56 bits per heavy atom. The Bertz CT molecular complexity index is 1280. The Hall–Kier alpha value is -2.56. The van der Waals surface area contributed by atoms with Gasteiger partial charge in [0.05, 0.1) is 40.3 Å². The second-order valence-electron chi connectivity index (χ2n) is 7.65. The van der Waals surface area contributed by atoms with E-state index in [1.165, 1.54) is 12.3 Å². The van der Waals surface area contributed by atoms with E-state index in [-0.39, 0.29) is 21.4 Å². The monoisotopic (exact) mass is 520 g/mol. The Balaban J connectivity index is 1.47. The maximum atomic E-state index is 12.8. The molecule has 3 heterocycles. The van der Waals surface area contributed by atoms with Gasteiger partial charge < -0.3 is 10.1 Å². The molecule has 4 rings (SSSR count). The molecule has 1 N–H and O–H groups in total. The normalized spacial score (nSPS) is 14.6. The first-order valence-corrected chi connectivity index (χ1v) is 12.9. The highest BCUT2D eigenvalue weighted by Gasteiger charge is 2.23. The third-order valence-corrected chi connectivity index (χ3v) is 7.67. The van der Waals surface area contributed by atoms with Crippen LogP contribution in [-0.2, 0) is 14.6 Å². The van der Waals surface area contributed by atoms with E-state index in [0.717, 1.165) is 0 Å². The molecule has 0 bridgehead atoms. The van der Waals surface area contributed by atoms with Gasteiger partial charge in [-0.2, -0.15) is 0 Å². The van der Waals surface area contributed by atoms with E-state index in [0.29, 0.717) is 54.8 Å². The van der Waals surface area contributed by atoms with Crippen LogP contribution in [0.5, 0.6) is 0 Å². The van der Waals surface area contributed by atoms with Crippen LogP contribution in [-0.4, -0.2) is 67.8 Å². The van der Waals surface area contributed by atoms with Crippen LogP contribution in [0.2, 0.25) is 10.0 Å². The second kappa shape index (κ2) is 10.8. The molecule has 0 saturated carbocycles. The summed E-state index contributed by atoms with van der Waals surface area (Å²) in [7, 11) is -3.71. The van der Waals surface area contributed by atoms with Gasteiger partial charge in [-0.15, -0.1) is 0 Å². The maximum Gasteiger partial charge on any atom is 0.257 e. The molecular weight excluding hydrogens is 499 g/mol. The van der Waals surface area contributed by atoms with Gasteiger partial charge in [0, 0.05) is 43.3 Å². The summed E-state index contributed by atoms with van der Waals surface area (Å²) in [5.74, 6) is -0.604. The number of ether oxygens (including phenoxy) is 1. The Morgan fingerprint density at radius 2 is 1.85 bits per heavy atom. The minimum atomic E-state index is -3.71. The number of anilines is 1. The van der Waals surface area contributed by atoms with E-state index in [1.807, 2.05) is 17.0 Å². The number of nitrogens with one attached hydrogen (secondary N) is 1. The standard InChI is InChI=1S/C23H22Cl2N4O4S/c24-19-5-4-17(14-18(19)21-3-1-2-6-26-21)28-22(30)16-13-20(25)23(27-15-16)34(31,32)12-9-29-7-10-33-11-8-29/h1-6,13-15H,7-12H2,(H,28,30).